The van der Waals surface area contributed by atoms with Crippen molar-refractivity contribution in [3.63, 3.8) is 0 Å². The Labute approximate surface area is 294 Å². The summed E-state index contributed by atoms with van der Waals surface area (Å²) in [6, 6.07) is 4.50. The van der Waals surface area contributed by atoms with Gasteiger partial charge in [0, 0.05) is 94.2 Å². The van der Waals surface area contributed by atoms with Gasteiger partial charge in [-0.1, -0.05) is 23.2 Å². The number of carboxylic acid groups (broad SMARTS) is 2. The summed E-state index contributed by atoms with van der Waals surface area (Å²) in [6.07, 6.45) is 2.32. The van der Waals surface area contributed by atoms with Gasteiger partial charge in [-0.25, -0.2) is 9.59 Å². The number of ketones is 1. The molecule has 0 spiro atoms. The third kappa shape index (κ3) is 7.64. The molecule has 0 unspecified atom stereocenters. The van der Waals surface area contributed by atoms with Gasteiger partial charge in [-0.05, 0) is 78.1 Å². The first-order valence-electron chi connectivity index (χ1n) is 9.60. The molecule has 0 amide bonds. The first-order valence-corrected chi connectivity index (χ1v) is 11.8. The zero-order chi connectivity index (χ0) is 26.4. The molecule has 3 rings (SSSR count). The number of hydrogen-bond acceptors (Lipinski definition) is 6. The first-order chi connectivity index (χ1) is 16.1. The standard InChI is InChI=1S/C23H16Cl2O9S.3Na/c1-9-5-11(7-13(20(9)26)22(28)29)17(12-6-10(2)21(27)14(8-12)23(30)31)18-15(24)3-4-16(19(18)25)35(32,33)34;;;/h3-8,26H,1-2H3,(H,28,29)(H,30,31)(H,32,33,34);;;. The van der Waals surface area contributed by atoms with Crippen molar-refractivity contribution in [2.75, 3.05) is 0 Å². The van der Waals surface area contributed by atoms with Crippen LogP contribution in [-0.4, -0.2) is 135 Å². The molecule has 0 heterocycles. The number of carbonyl (C=O) groups excluding carboxylic acids is 1. The van der Waals surface area contributed by atoms with Crippen molar-refractivity contribution in [3.05, 3.63) is 85.4 Å². The summed E-state index contributed by atoms with van der Waals surface area (Å²) in [7, 11) is -4.83. The molecular formula is C23H16Cl2Na3O9S. The molecule has 1 aliphatic rings. The number of benzene rings is 2. The molecule has 9 nitrogen and oxygen atoms in total. The number of phenols is 1. The van der Waals surface area contributed by atoms with E-state index in [4.69, 9.17) is 23.2 Å². The average molecular weight is 608 g/mol. The largest absolute Gasteiger partial charge is 0.507 e. The molecule has 0 aromatic heterocycles. The second kappa shape index (κ2) is 14.5. The summed E-state index contributed by atoms with van der Waals surface area (Å²) in [5.74, 6) is -4.30. The van der Waals surface area contributed by atoms with Crippen LogP contribution in [0.5, 0.6) is 5.75 Å². The molecule has 38 heavy (non-hydrogen) atoms. The Kier molecular flexibility index (Phi) is 14.3. The number of aliphatic carboxylic acids is 1. The fraction of sp³-hybridized carbons (Fsp3) is 0.0870. The van der Waals surface area contributed by atoms with Crippen LogP contribution < -0.4 is 0 Å². The molecular weight excluding hydrogens is 592 g/mol. The number of Topliss-reactive ketones (excluding diaryl/α,β-unsaturated/α-hetero) is 1. The van der Waals surface area contributed by atoms with Crippen LogP contribution in [0.25, 0.3) is 5.57 Å². The normalized spacial score (nSPS) is 14.2. The molecule has 0 fully saturated rings. The van der Waals surface area contributed by atoms with Crippen molar-refractivity contribution in [2.45, 2.75) is 18.7 Å². The Morgan fingerprint density at radius 1 is 0.921 bits per heavy atom. The Balaban J connectivity index is 0.00000456. The number of allylic oxidation sites excluding steroid dienone is 4. The van der Waals surface area contributed by atoms with Gasteiger partial charge in [-0.15, -0.1) is 0 Å². The van der Waals surface area contributed by atoms with Crippen molar-refractivity contribution in [2.24, 2.45) is 0 Å². The van der Waals surface area contributed by atoms with E-state index < -0.39 is 54.6 Å². The molecule has 2 aromatic rings. The van der Waals surface area contributed by atoms with Crippen LogP contribution in [0.15, 0.2) is 58.0 Å². The van der Waals surface area contributed by atoms with E-state index in [1.165, 1.54) is 26.0 Å². The van der Waals surface area contributed by atoms with Gasteiger partial charge >= 0.3 is 11.9 Å². The number of aromatic carboxylic acids is 1. The minimum Gasteiger partial charge on any atom is -0.507 e. The fourth-order valence-electron chi connectivity index (χ4n) is 3.58. The van der Waals surface area contributed by atoms with Gasteiger partial charge in [0.1, 0.15) is 21.8 Å². The van der Waals surface area contributed by atoms with E-state index in [2.05, 4.69) is 0 Å². The number of aromatic hydroxyl groups is 1. The third-order valence-corrected chi connectivity index (χ3v) is 6.91. The maximum atomic E-state index is 12.4. The second-order valence-electron chi connectivity index (χ2n) is 7.55. The fourth-order valence-corrected chi connectivity index (χ4v) is 5.00. The molecule has 0 saturated heterocycles. The molecule has 3 radical (unpaired) electrons. The van der Waals surface area contributed by atoms with E-state index in [0.717, 1.165) is 24.3 Å². The van der Waals surface area contributed by atoms with Gasteiger partial charge in [-0.3, -0.25) is 9.35 Å². The predicted molar refractivity (Wildman–Crippen MR) is 144 cm³/mol. The Morgan fingerprint density at radius 2 is 1.50 bits per heavy atom. The van der Waals surface area contributed by atoms with Crippen LogP contribution in [0.2, 0.25) is 10.0 Å². The molecule has 2 aromatic carbocycles. The molecule has 0 bridgehead atoms. The summed E-state index contributed by atoms with van der Waals surface area (Å²) in [5, 5.41) is 28.6. The molecule has 0 saturated carbocycles. The Morgan fingerprint density at radius 3 is 2.00 bits per heavy atom. The first kappa shape index (κ1) is 37.6. The maximum Gasteiger partial charge on any atom is 0.339 e. The quantitative estimate of drug-likeness (QED) is 0.227. The van der Waals surface area contributed by atoms with E-state index in [1.807, 2.05) is 0 Å². The van der Waals surface area contributed by atoms with Crippen LogP contribution in [0, 0.1) is 6.92 Å². The van der Waals surface area contributed by atoms with Crippen molar-refractivity contribution in [3.8, 4) is 5.75 Å². The van der Waals surface area contributed by atoms with E-state index in [1.54, 1.807) is 0 Å². The number of carboxylic acids is 2. The smallest absolute Gasteiger partial charge is 0.339 e. The molecule has 185 valence electrons. The van der Waals surface area contributed by atoms with Crippen LogP contribution in [0.1, 0.15) is 34.0 Å². The van der Waals surface area contributed by atoms with Crippen molar-refractivity contribution in [1.82, 2.24) is 0 Å². The molecule has 4 N–H and O–H groups in total. The van der Waals surface area contributed by atoms with E-state index >= 15 is 0 Å². The number of rotatable bonds is 5. The van der Waals surface area contributed by atoms with E-state index in [-0.39, 0.29) is 127 Å². The minimum atomic E-state index is -4.83. The van der Waals surface area contributed by atoms with Crippen LogP contribution in [0.3, 0.4) is 0 Å². The number of hydrogen-bond donors (Lipinski definition) is 4. The molecule has 0 aliphatic heterocycles. The van der Waals surface area contributed by atoms with Gasteiger partial charge in [0.05, 0.1) is 10.0 Å². The van der Waals surface area contributed by atoms with Crippen molar-refractivity contribution < 1.29 is 42.7 Å². The SMILES string of the molecule is CC1=CC(=C(c2cc(C)c(O)c(C(=O)O)c2)c2c(Cl)ccc(S(=O)(=O)O)c2Cl)C=C(C(=O)O)C1=O.[Na].[Na].[Na]. The number of carbonyl (C=O) groups is 3. The van der Waals surface area contributed by atoms with Gasteiger partial charge in [-0.2, -0.15) is 8.42 Å². The predicted octanol–water partition coefficient (Wildman–Crippen LogP) is 3.15. The number of halogens is 2. The van der Waals surface area contributed by atoms with Gasteiger partial charge in [0.2, 0.25) is 0 Å². The molecule has 0 atom stereocenters. The van der Waals surface area contributed by atoms with Crippen molar-refractivity contribution >= 4 is 145 Å². The number of aryl methyl sites for hydroxylation is 1. The van der Waals surface area contributed by atoms with Crippen LogP contribution >= 0.6 is 23.2 Å². The summed E-state index contributed by atoms with van der Waals surface area (Å²) >= 11 is 12.7. The monoisotopic (exact) mass is 607 g/mol. The van der Waals surface area contributed by atoms with Gasteiger partial charge in [0.15, 0.2) is 5.78 Å². The maximum absolute atomic E-state index is 12.4. The van der Waals surface area contributed by atoms with E-state index in [0.29, 0.717) is 0 Å². The zero-order valence-electron chi connectivity index (χ0n) is 21.0. The zero-order valence-corrected chi connectivity index (χ0v) is 29.3. The van der Waals surface area contributed by atoms with Crippen molar-refractivity contribution in [1.29, 1.82) is 0 Å². The van der Waals surface area contributed by atoms with Gasteiger partial charge < -0.3 is 15.3 Å². The summed E-state index contributed by atoms with van der Waals surface area (Å²) in [6.45, 7) is 2.77. The minimum absolute atomic E-state index is 0. The van der Waals surface area contributed by atoms with E-state index in [9.17, 15) is 42.7 Å². The van der Waals surface area contributed by atoms with Gasteiger partial charge in [0.25, 0.3) is 10.1 Å². The van der Waals surface area contributed by atoms with Crippen LogP contribution in [0.4, 0.5) is 0 Å². The third-order valence-electron chi connectivity index (χ3n) is 5.20. The Bertz CT molecular complexity index is 1550. The van der Waals surface area contributed by atoms with Crippen LogP contribution in [-0.2, 0) is 19.7 Å². The average Bonchev–Trinajstić information content (AvgIpc) is 2.73. The summed E-state index contributed by atoms with van der Waals surface area (Å²) < 4.78 is 33.4. The summed E-state index contributed by atoms with van der Waals surface area (Å²) in [4.78, 5) is 35.1. The Hall–Kier alpha value is -0.440. The molecule has 15 heteroatoms. The topological polar surface area (TPSA) is 166 Å². The second-order valence-corrected chi connectivity index (χ2v) is 9.73. The summed E-state index contributed by atoms with van der Waals surface area (Å²) in [5.41, 5.74) is -1.10. The molecule has 1 aliphatic carbocycles.